The number of carbonyl (C=O) groups is 1. The summed E-state index contributed by atoms with van der Waals surface area (Å²) in [5, 5.41) is 3.76. The van der Waals surface area contributed by atoms with Crippen LogP contribution >= 0.6 is 23.1 Å². The van der Waals surface area contributed by atoms with Gasteiger partial charge in [0, 0.05) is 22.7 Å². The molecule has 4 rings (SSSR count). The molecule has 0 spiro atoms. The van der Waals surface area contributed by atoms with E-state index in [0.29, 0.717) is 5.75 Å². The first kappa shape index (κ1) is 19.0. The van der Waals surface area contributed by atoms with Gasteiger partial charge in [0.15, 0.2) is 5.13 Å². The van der Waals surface area contributed by atoms with Crippen molar-refractivity contribution in [3.8, 4) is 11.3 Å². The molecule has 4 nitrogen and oxygen atoms in total. The Labute approximate surface area is 169 Å². The molecule has 6 heteroatoms. The molecular weight excluding hydrogens is 374 g/mol. The number of nitrogens with one attached hydrogen (secondary N) is 1. The van der Waals surface area contributed by atoms with Crippen molar-refractivity contribution in [3.05, 3.63) is 34.7 Å². The highest BCUT2D eigenvalue weighted by molar-refractivity contribution is 7.99. The van der Waals surface area contributed by atoms with Gasteiger partial charge in [-0.05, 0) is 44.3 Å². The highest BCUT2D eigenvalue weighted by Crippen LogP contribution is 2.37. The van der Waals surface area contributed by atoms with Gasteiger partial charge in [0.25, 0.3) is 0 Å². The van der Waals surface area contributed by atoms with Crippen LogP contribution in [-0.2, 0) is 17.6 Å². The highest BCUT2D eigenvalue weighted by atomic mass is 32.2. The molecule has 1 fully saturated rings. The Balaban J connectivity index is 1.25. The molecule has 0 atom stereocenters. The van der Waals surface area contributed by atoms with E-state index in [0.717, 1.165) is 36.0 Å². The summed E-state index contributed by atoms with van der Waals surface area (Å²) in [7, 11) is 0. The summed E-state index contributed by atoms with van der Waals surface area (Å²) in [4.78, 5) is 20.8. The van der Waals surface area contributed by atoms with Gasteiger partial charge in [0.2, 0.25) is 5.91 Å². The van der Waals surface area contributed by atoms with Crippen molar-refractivity contribution in [2.75, 3.05) is 36.5 Å². The lowest BCUT2D eigenvalue weighted by Crippen LogP contribution is -2.27. The summed E-state index contributed by atoms with van der Waals surface area (Å²) in [6.45, 7) is 3.54. The number of thiazole rings is 1. The monoisotopic (exact) mass is 401 g/mol. The standard InChI is InChI=1S/C21H27N3OS2/c25-19(15-26-14-13-24-11-5-1-2-6-12-24)22-21-23-20-17-8-4-3-7-16(17)9-10-18(20)27-21/h3-4,7-8H,1-2,5-6,9-15H2,(H,22,23,25). The fourth-order valence-electron chi connectivity index (χ4n) is 3.88. The second kappa shape index (κ2) is 9.22. The van der Waals surface area contributed by atoms with Crippen LogP contribution in [0.25, 0.3) is 11.3 Å². The third kappa shape index (κ3) is 4.92. The number of rotatable bonds is 6. The molecule has 1 aromatic carbocycles. The van der Waals surface area contributed by atoms with Crippen LogP contribution in [-0.4, -0.2) is 46.9 Å². The smallest absolute Gasteiger partial charge is 0.236 e. The van der Waals surface area contributed by atoms with Gasteiger partial charge in [-0.15, -0.1) is 11.3 Å². The Morgan fingerprint density at radius 2 is 1.96 bits per heavy atom. The van der Waals surface area contributed by atoms with Crippen molar-refractivity contribution < 1.29 is 4.79 Å². The number of fused-ring (bicyclic) bond motifs is 3. The molecule has 1 aromatic heterocycles. The lowest BCUT2D eigenvalue weighted by Gasteiger charge is -2.18. The zero-order chi connectivity index (χ0) is 18.5. The Bertz CT molecular complexity index is 781. The van der Waals surface area contributed by atoms with Crippen molar-refractivity contribution >= 4 is 34.1 Å². The van der Waals surface area contributed by atoms with Crippen molar-refractivity contribution in [3.63, 3.8) is 0 Å². The number of amides is 1. The van der Waals surface area contributed by atoms with Crippen LogP contribution in [0.3, 0.4) is 0 Å². The van der Waals surface area contributed by atoms with E-state index < -0.39 is 0 Å². The lowest BCUT2D eigenvalue weighted by atomic mass is 9.94. The molecule has 27 heavy (non-hydrogen) atoms. The fraction of sp³-hybridized carbons (Fsp3) is 0.524. The van der Waals surface area contributed by atoms with Crippen molar-refractivity contribution in [2.45, 2.75) is 38.5 Å². The first-order chi connectivity index (χ1) is 13.3. The first-order valence-electron chi connectivity index (χ1n) is 9.97. The van der Waals surface area contributed by atoms with Gasteiger partial charge in [0.1, 0.15) is 0 Å². The van der Waals surface area contributed by atoms with E-state index >= 15 is 0 Å². The molecule has 0 bridgehead atoms. The zero-order valence-corrected chi connectivity index (χ0v) is 17.3. The minimum atomic E-state index is 0.0650. The van der Waals surface area contributed by atoms with Crippen LogP contribution in [0.5, 0.6) is 0 Å². The Kier molecular flexibility index (Phi) is 6.47. The normalized spacial score (nSPS) is 17.0. The molecule has 1 aliphatic heterocycles. The number of benzene rings is 1. The summed E-state index contributed by atoms with van der Waals surface area (Å²) < 4.78 is 0. The number of likely N-dealkylation sites (tertiary alicyclic amines) is 1. The van der Waals surface area contributed by atoms with Crippen LogP contribution < -0.4 is 5.32 Å². The van der Waals surface area contributed by atoms with Gasteiger partial charge in [-0.3, -0.25) is 4.79 Å². The average molecular weight is 402 g/mol. The Hall–Kier alpha value is -1.37. The third-order valence-corrected chi connectivity index (χ3v) is 7.29. The molecule has 1 saturated heterocycles. The van der Waals surface area contributed by atoms with Crippen molar-refractivity contribution in [2.24, 2.45) is 0 Å². The first-order valence-corrected chi connectivity index (χ1v) is 11.9. The molecule has 2 aliphatic rings. The summed E-state index contributed by atoms with van der Waals surface area (Å²) in [6, 6.07) is 8.46. The maximum Gasteiger partial charge on any atom is 0.236 e. The summed E-state index contributed by atoms with van der Waals surface area (Å²) in [5.41, 5.74) is 3.64. The third-order valence-electron chi connectivity index (χ3n) is 5.32. The Morgan fingerprint density at radius 1 is 1.15 bits per heavy atom. The largest absolute Gasteiger partial charge is 0.303 e. The molecule has 2 aromatic rings. The van der Waals surface area contributed by atoms with E-state index in [9.17, 15) is 4.79 Å². The number of thioether (sulfide) groups is 1. The van der Waals surface area contributed by atoms with Gasteiger partial charge >= 0.3 is 0 Å². The average Bonchev–Trinajstić information content (AvgIpc) is 2.91. The maximum atomic E-state index is 12.3. The lowest BCUT2D eigenvalue weighted by molar-refractivity contribution is -0.113. The number of carbonyl (C=O) groups excluding carboxylic acids is 1. The zero-order valence-electron chi connectivity index (χ0n) is 15.7. The van der Waals surface area contributed by atoms with Gasteiger partial charge in [-0.25, -0.2) is 4.98 Å². The minimum Gasteiger partial charge on any atom is -0.303 e. The van der Waals surface area contributed by atoms with Gasteiger partial charge in [-0.1, -0.05) is 37.1 Å². The predicted molar refractivity (Wildman–Crippen MR) is 116 cm³/mol. The Morgan fingerprint density at radius 3 is 2.81 bits per heavy atom. The van der Waals surface area contributed by atoms with Crippen LogP contribution in [0.1, 0.15) is 36.1 Å². The molecular formula is C21H27N3OS2. The van der Waals surface area contributed by atoms with Gasteiger partial charge in [0.05, 0.1) is 11.4 Å². The summed E-state index contributed by atoms with van der Waals surface area (Å²) in [5.74, 6) is 1.60. The van der Waals surface area contributed by atoms with Crippen molar-refractivity contribution in [1.29, 1.82) is 0 Å². The van der Waals surface area contributed by atoms with Crippen LogP contribution in [0.4, 0.5) is 5.13 Å². The van der Waals surface area contributed by atoms with E-state index in [1.165, 1.54) is 54.8 Å². The molecule has 0 radical (unpaired) electrons. The quantitative estimate of drug-likeness (QED) is 0.726. The molecule has 144 valence electrons. The van der Waals surface area contributed by atoms with Crippen LogP contribution in [0.15, 0.2) is 24.3 Å². The number of aromatic nitrogens is 1. The minimum absolute atomic E-state index is 0.0650. The van der Waals surface area contributed by atoms with Gasteiger partial charge < -0.3 is 10.2 Å². The number of hydrogen-bond acceptors (Lipinski definition) is 5. The van der Waals surface area contributed by atoms with Gasteiger partial charge in [-0.2, -0.15) is 11.8 Å². The molecule has 0 saturated carbocycles. The van der Waals surface area contributed by atoms with Crippen molar-refractivity contribution in [1.82, 2.24) is 9.88 Å². The maximum absolute atomic E-state index is 12.3. The molecule has 1 aliphatic carbocycles. The molecule has 0 unspecified atom stereocenters. The molecule has 1 N–H and O–H groups in total. The highest BCUT2D eigenvalue weighted by Gasteiger charge is 2.21. The van der Waals surface area contributed by atoms with E-state index in [2.05, 4.69) is 34.5 Å². The van der Waals surface area contributed by atoms with E-state index in [1.54, 1.807) is 23.1 Å². The van der Waals surface area contributed by atoms with Crippen LogP contribution in [0.2, 0.25) is 0 Å². The fourth-order valence-corrected chi connectivity index (χ4v) is 5.66. The number of anilines is 1. The topological polar surface area (TPSA) is 45.2 Å². The SMILES string of the molecule is O=C(CSCCN1CCCCCC1)Nc1nc2c(s1)CCc1ccccc1-2. The second-order valence-corrected chi connectivity index (χ2v) is 9.49. The molecule has 2 heterocycles. The summed E-state index contributed by atoms with van der Waals surface area (Å²) >= 11 is 3.36. The number of nitrogens with zero attached hydrogens (tertiary/aromatic N) is 2. The summed E-state index contributed by atoms with van der Waals surface area (Å²) in [6.07, 6.45) is 7.46. The van der Waals surface area contributed by atoms with E-state index in [4.69, 9.17) is 4.98 Å². The van der Waals surface area contributed by atoms with E-state index in [1.807, 2.05) is 0 Å². The molecule has 1 amide bonds. The van der Waals surface area contributed by atoms with E-state index in [-0.39, 0.29) is 5.91 Å². The number of aryl methyl sites for hydroxylation is 2. The second-order valence-electron chi connectivity index (χ2n) is 7.30. The number of hydrogen-bond donors (Lipinski definition) is 1. The predicted octanol–water partition coefficient (Wildman–Crippen LogP) is 4.46. The van der Waals surface area contributed by atoms with Crippen LogP contribution in [0, 0.1) is 0 Å².